The summed E-state index contributed by atoms with van der Waals surface area (Å²) >= 11 is 0. The number of carbonyl (C=O) groups excluding carboxylic acids is 5. The average molecular weight is 719 g/mol. The third kappa shape index (κ3) is 9.43. The molecule has 0 radical (unpaired) electrons. The number of allylic oxidation sites excluding steroid dienone is 1. The number of nitrogens with zero attached hydrogens (tertiary/aromatic N) is 2. The fourth-order valence-corrected chi connectivity index (χ4v) is 9.32. The maximum Gasteiger partial charge on any atom is 0.315 e. The number of hydrogen-bond acceptors (Lipinski definition) is 7. The van der Waals surface area contributed by atoms with Crippen LogP contribution in [0.5, 0.6) is 0 Å². The molecule has 11 nitrogen and oxygen atoms in total. The molecule has 3 amide bonds. The minimum Gasteiger partial charge on any atom is -0.334 e. The van der Waals surface area contributed by atoms with Crippen molar-refractivity contribution in [2.45, 2.75) is 136 Å². The van der Waals surface area contributed by atoms with E-state index in [1.54, 1.807) is 11.0 Å². The van der Waals surface area contributed by atoms with Crippen molar-refractivity contribution in [2.24, 2.45) is 34.5 Å². The standard InChI is InChI=1S/C38H62N4O7S/c1-8-10-17-29(43)34(45)26(14-9-2)22-30(44)33-27-18-19-38(20-21-38)28(27)23-42(33)35(46)32(25-15-12-11-13-16-25)40-36(47)39-31(37(3,4)5)24-41(6)50(7,48)49/h8,25-28,31-33H,1,9-24H2,2-7H3,(H2,39,40,47)/t26?,27-,28-,31+,32-,33-/m0/s1. The Morgan fingerprint density at radius 3 is 2.24 bits per heavy atom. The zero-order valence-corrected chi connectivity index (χ0v) is 32.1. The minimum atomic E-state index is -3.49. The number of fused-ring (bicyclic) bond motifs is 2. The fraction of sp³-hybridized carbons (Fsp3) is 0.816. The Morgan fingerprint density at radius 1 is 1.02 bits per heavy atom. The Bertz CT molecular complexity index is 1400. The highest BCUT2D eigenvalue weighted by Gasteiger charge is 2.63. The van der Waals surface area contributed by atoms with Crippen LogP contribution < -0.4 is 10.6 Å². The molecule has 0 aromatic heterocycles. The maximum absolute atomic E-state index is 14.8. The molecular formula is C38H62N4O7S. The lowest BCUT2D eigenvalue weighted by Crippen LogP contribution is -2.60. The van der Waals surface area contributed by atoms with Gasteiger partial charge in [0.15, 0.2) is 11.6 Å². The number of amides is 3. The van der Waals surface area contributed by atoms with Crippen LogP contribution in [0.15, 0.2) is 12.7 Å². The molecule has 1 spiro atoms. The van der Waals surface area contributed by atoms with E-state index in [2.05, 4.69) is 17.2 Å². The summed E-state index contributed by atoms with van der Waals surface area (Å²) in [5.41, 5.74) is -0.323. The molecule has 1 heterocycles. The van der Waals surface area contributed by atoms with E-state index < -0.39 is 57.1 Å². The van der Waals surface area contributed by atoms with Crippen LogP contribution in [0.1, 0.15) is 118 Å². The number of sulfonamides is 1. The molecule has 3 saturated carbocycles. The topological polar surface area (TPSA) is 150 Å². The van der Waals surface area contributed by atoms with E-state index >= 15 is 0 Å². The van der Waals surface area contributed by atoms with Gasteiger partial charge in [-0.1, -0.05) is 59.5 Å². The third-order valence-electron chi connectivity index (χ3n) is 12.3. The van der Waals surface area contributed by atoms with Gasteiger partial charge >= 0.3 is 6.03 Å². The molecule has 3 aliphatic carbocycles. The summed E-state index contributed by atoms with van der Waals surface area (Å²) in [7, 11) is -2.01. The number of urea groups is 1. The summed E-state index contributed by atoms with van der Waals surface area (Å²) in [6.45, 7) is 11.9. The number of hydrogen-bond donors (Lipinski definition) is 2. The lowest BCUT2D eigenvalue weighted by molar-refractivity contribution is -0.143. The largest absolute Gasteiger partial charge is 0.334 e. The smallest absolute Gasteiger partial charge is 0.315 e. The van der Waals surface area contributed by atoms with Gasteiger partial charge < -0.3 is 15.5 Å². The Balaban J connectivity index is 1.60. The monoisotopic (exact) mass is 718 g/mol. The molecule has 4 aliphatic rings. The van der Waals surface area contributed by atoms with Gasteiger partial charge in [-0.15, -0.1) is 6.58 Å². The number of Topliss-reactive ketones (excluding diaryl/α,β-unsaturated/α-hetero) is 3. The van der Waals surface area contributed by atoms with Gasteiger partial charge in [-0.05, 0) is 80.0 Å². The molecule has 12 heteroatoms. The number of nitrogens with one attached hydrogen (secondary N) is 2. The highest BCUT2D eigenvalue weighted by atomic mass is 32.2. The van der Waals surface area contributed by atoms with Crippen LogP contribution in [0.3, 0.4) is 0 Å². The van der Waals surface area contributed by atoms with Gasteiger partial charge in [0, 0.05) is 44.9 Å². The quantitative estimate of drug-likeness (QED) is 0.158. The molecule has 2 N–H and O–H groups in total. The van der Waals surface area contributed by atoms with Gasteiger partial charge in [-0.25, -0.2) is 17.5 Å². The molecule has 0 aromatic carbocycles. The van der Waals surface area contributed by atoms with E-state index in [0.29, 0.717) is 25.8 Å². The van der Waals surface area contributed by atoms with Crippen molar-refractivity contribution in [2.75, 3.05) is 26.4 Å². The minimum absolute atomic E-state index is 0.000397. The van der Waals surface area contributed by atoms with Crippen molar-refractivity contribution in [1.82, 2.24) is 19.8 Å². The number of carbonyl (C=O) groups is 5. The van der Waals surface area contributed by atoms with Gasteiger partial charge in [0.1, 0.15) is 6.04 Å². The highest BCUT2D eigenvalue weighted by Crippen LogP contribution is 2.66. The third-order valence-corrected chi connectivity index (χ3v) is 13.5. The van der Waals surface area contributed by atoms with Crippen LogP contribution in [-0.2, 0) is 29.2 Å². The van der Waals surface area contributed by atoms with Gasteiger partial charge in [-0.2, -0.15) is 0 Å². The molecule has 4 fully saturated rings. The molecule has 1 aliphatic heterocycles. The summed E-state index contributed by atoms with van der Waals surface area (Å²) in [6.07, 6.45) is 12.8. The second-order valence-corrected chi connectivity index (χ2v) is 18.9. The summed E-state index contributed by atoms with van der Waals surface area (Å²) in [5, 5.41) is 6.01. The van der Waals surface area contributed by atoms with E-state index in [9.17, 15) is 32.4 Å². The summed E-state index contributed by atoms with van der Waals surface area (Å²) in [4.78, 5) is 70.7. The molecule has 0 aromatic rings. The molecular weight excluding hydrogens is 657 g/mol. The van der Waals surface area contributed by atoms with Crippen molar-refractivity contribution in [3.05, 3.63) is 12.7 Å². The highest BCUT2D eigenvalue weighted by molar-refractivity contribution is 7.88. The van der Waals surface area contributed by atoms with Crippen LogP contribution in [0.2, 0.25) is 0 Å². The number of ketones is 3. The zero-order chi connectivity index (χ0) is 37.0. The van der Waals surface area contributed by atoms with Gasteiger partial charge in [0.05, 0.1) is 12.3 Å². The first-order valence-corrected chi connectivity index (χ1v) is 20.8. The summed E-state index contributed by atoms with van der Waals surface area (Å²) in [5.74, 6) is -2.01. The molecule has 50 heavy (non-hydrogen) atoms. The summed E-state index contributed by atoms with van der Waals surface area (Å²) < 4.78 is 25.6. The first-order valence-electron chi connectivity index (χ1n) is 18.9. The normalized spacial score (nSPS) is 25.1. The summed E-state index contributed by atoms with van der Waals surface area (Å²) in [6, 6.07) is -2.61. The Hall–Kier alpha value is -2.60. The van der Waals surface area contributed by atoms with E-state index in [4.69, 9.17) is 0 Å². The second kappa shape index (κ2) is 16.4. The SMILES string of the molecule is C=CCCC(=O)C(=O)C(CCC)CC(=O)[C@@H]1[C@H]2CCC3(CC3)[C@H]2CN1C(=O)[C@@H](NC(=O)N[C@H](CN(C)S(C)(=O)=O)C(C)(C)C)C1CCCCC1. The van der Waals surface area contributed by atoms with Crippen LogP contribution in [0, 0.1) is 34.5 Å². The molecule has 0 bridgehead atoms. The van der Waals surface area contributed by atoms with E-state index in [1.165, 1.54) is 11.4 Å². The predicted molar refractivity (Wildman–Crippen MR) is 194 cm³/mol. The van der Waals surface area contributed by atoms with Gasteiger partial charge in [-0.3, -0.25) is 19.2 Å². The van der Waals surface area contributed by atoms with Crippen LogP contribution >= 0.6 is 0 Å². The lowest BCUT2D eigenvalue weighted by Gasteiger charge is -2.37. The van der Waals surface area contributed by atoms with Crippen molar-refractivity contribution in [3.63, 3.8) is 0 Å². The second-order valence-electron chi connectivity index (χ2n) is 16.8. The molecule has 1 saturated heterocycles. The van der Waals surface area contributed by atoms with Gasteiger partial charge in [0.25, 0.3) is 0 Å². The van der Waals surface area contributed by atoms with Crippen molar-refractivity contribution in [1.29, 1.82) is 0 Å². The first-order chi connectivity index (χ1) is 23.4. The van der Waals surface area contributed by atoms with E-state index in [1.807, 2.05) is 27.7 Å². The van der Waals surface area contributed by atoms with Gasteiger partial charge in [0.2, 0.25) is 21.7 Å². The van der Waals surface area contributed by atoms with Crippen LogP contribution in [-0.4, -0.2) is 91.4 Å². The van der Waals surface area contributed by atoms with Crippen molar-refractivity contribution < 1.29 is 32.4 Å². The van der Waals surface area contributed by atoms with Crippen LogP contribution in [0.25, 0.3) is 0 Å². The Kier molecular flexibility index (Phi) is 13.2. The van der Waals surface area contributed by atoms with E-state index in [0.717, 1.165) is 64.0 Å². The van der Waals surface area contributed by atoms with E-state index in [-0.39, 0.29) is 54.2 Å². The number of likely N-dealkylation sites (N-methyl/N-ethyl adjacent to an activating group) is 1. The molecule has 4 rings (SSSR count). The zero-order valence-electron chi connectivity index (χ0n) is 31.3. The predicted octanol–water partition coefficient (Wildman–Crippen LogP) is 5.04. The lowest BCUT2D eigenvalue weighted by atomic mass is 9.81. The number of rotatable bonds is 17. The molecule has 6 atom stereocenters. The average Bonchev–Trinajstić information content (AvgIpc) is 3.62. The fourth-order valence-electron chi connectivity index (χ4n) is 8.90. The Morgan fingerprint density at radius 2 is 1.68 bits per heavy atom. The number of likely N-dealkylation sites (tertiary alicyclic amines) is 1. The molecule has 282 valence electrons. The molecule has 1 unspecified atom stereocenters. The first kappa shape index (κ1) is 40.2. The van der Waals surface area contributed by atoms with Crippen molar-refractivity contribution >= 4 is 39.3 Å². The van der Waals surface area contributed by atoms with Crippen molar-refractivity contribution in [3.8, 4) is 0 Å². The van der Waals surface area contributed by atoms with Crippen LogP contribution in [0.4, 0.5) is 4.79 Å². The maximum atomic E-state index is 14.8. The Labute approximate surface area is 300 Å².